The van der Waals surface area contributed by atoms with Gasteiger partial charge in [-0.25, -0.2) is 0 Å². The largest absolute Gasteiger partial charge is 0.297 e. The van der Waals surface area contributed by atoms with Crippen LogP contribution in [0.15, 0.2) is 47.4 Å². The van der Waals surface area contributed by atoms with Gasteiger partial charge in [-0.05, 0) is 18.4 Å². The Balaban J connectivity index is 0.00000144. The second-order valence-electron chi connectivity index (χ2n) is 3.34. The van der Waals surface area contributed by atoms with Crippen LogP contribution in [0.5, 0.6) is 0 Å². The molecule has 0 bridgehead atoms. The van der Waals surface area contributed by atoms with E-state index in [1.54, 1.807) is 25.1 Å². The number of rotatable bonds is 3. The normalized spacial score (nSPS) is 11.1. The predicted octanol–water partition coefficient (Wildman–Crippen LogP) is 2.18. The second-order valence-corrected chi connectivity index (χ2v) is 4.92. The average molecular weight is 259 g/mol. The van der Waals surface area contributed by atoms with Crippen LogP contribution < -0.4 is 0 Å². The number of hydrogen-bond donors (Lipinski definition) is 0. The molecule has 0 aromatic heterocycles. The first kappa shape index (κ1) is 14.7. The summed E-state index contributed by atoms with van der Waals surface area (Å²) in [5, 5.41) is 1.58. The quantitative estimate of drug-likeness (QED) is 0.627. The molecule has 0 saturated heterocycles. The molecule has 2 aromatic rings. The summed E-state index contributed by atoms with van der Waals surface area (Å²) in [6.45, 7) is 1.80. The van der Waals surface area contributed by atoms with Crippen LogP contribution in [0.3, 0.4) is 0 Å². The van der Waals surface area contributed by atoms with Gasteiger partial charge in [0.2, 0.25) is 0 Å². The molecule has 1 radical (unpaired) electrons. The fourth-order valence-corrected chi connectivity index (χ4v) is 2.77. The summed E-state index contributed by atoms with van der Waals surface area (Å²) < 4.78 is 28.4. The molecule has 0 N–H and O–H groups in total. The second kappa shape index (κ2) is 5.98. The Labute approximate surface area is 123 Å². The minimum atomic E-state index is -3.64. The molecule has 2 aromatic carbocycles. The molecule has 0 amide bonds. The molecule has 0 unspecified atom stereocenters. The van der Waals surface area contributed by atoms with Gasteiger partial charge in [0.1, 0.15) is 4.90 Å². The van der Waals surface area contributed by atoms with Crippen molar-refractivity contribution in [1.29, 1.82) is 0 Å². The van der Waals surface area contributed by atoms with E-state index in [4.69, 9.17) is 4.18 Å². The van der Waals surface area contributed by atoms with Gasteiger partial charge in [-0.1, -0.05) is 36.4 Å². The molecule has 0 aliphatic rings. The van der Waals surface area contributed by atoms with Gasteiger partial charge in [0.15, 0.2) is 0 Å². The van der Waals surface area contributed by atoms with E-state index in [1.165, 1.54) is 0 Å². The van der Waals surface area contributed by atoms with E-state index in [9.17, 15) is 8.42 Å². The molecule has 5 heteroatoms. The summed E-state index contributed by atoms with van der Waals surface area (Å²) in [5.74, 6) is 0. The first-order chi connectivity index (χ1) is 7.65. The van der Waals surface area contributed by atoms with E-state index in [0.29, 0.717) is 5.39 Å². The van der Waals surface area contributed by atoms with Crippen molar-refractivity contribution in [2.45, 2.75) is 11.8 Å². The zero-order valence-electron chi connectivity index (χ0n) is 9.88. The number of benzene rings is 2. The summed E-state index contributed by atoms with van der Waals surface area (Å²) >= 11 is 0. The molecule has 85 valence electrons. The van der Waals surface area contributed by atoms with Crippen molar-refractivity contribution in [2.75, 3.05) is 6.61 Å². The Bertz CT molecular complexity index is 603. The van der Waals surface area contributed by atoms with Crippen molar-refractivity contribution in [3.8, 4) is 0 Å². The zero-order chi connectivity index (χ0) is 11.6. The smallest absolute Gasteiger partial charge is 0.267 e. The van der Waals surface area contributed by atoms with Gasteiger partial charge in [-0.3, -0.25) is 4.18 Å². The summed E-state index contributed by atoms with van der Waals surface area (Å²) in [7, 11) is -3.64. The maximum absolute atomic E-state index is 11.8. The first-order valence-corrected chi connectivity index (χ1v) is 6.43. The van der Waals surface area contributed by atoms with Crippen molar-refractivity contribution in [3.63, 3.8) is 0 Å². The molecule has 0 aliphatic heterocycles. The Hall–Kier alpha value is -0.390. The van der Waals surface area contributed by atoms with Crippen LogP contribution in [0.2, 0.25) is 0 Å². The third-order valence-electron chi connectivity index (χ3n) is 2.29. The van der Waals surface area contributed by atoms with Crippen LogP contribution in [0, 0.1) is 0 Å². The first-order valence-electron chi connectivity index (χ1n) is 5.02. The maximum Gasteiger partial charge on any atom is 0.297 e. The molecule has 0 aliphatic carbocycles. The Morgan fingerprint density at radius 2 is 1.71 bits per heavy atom. The van der Waals surface area contributed by atoms with Gasteiger partial charge in [0, 0.05) is 34.9 Å². The average Bonchev–Trinajstić information content (AvgIpc) is 2.28. The molecule has 3 nitrogen and oxygen atoms in total. The van der Waals surface area contributed by atoms with E-state index in [1.807, 2.05) is 24.3 Å². The summed E-state index contributed by atoms with van der Waals surface area (Å²) in [6.07, 6.45) is 0. The van der Waals surface area contributed by atoms with Crippen LogP contribution in [-0.2, 0) is 14.3 Å². The monoisotopic (exact) mass is 259 g/mol. The van der Waals surface area contributed by atoms with Gasteiger partial charge in [-0.15, -0.1) is 0 Å². The van der Waals surface area contributed by atoms with Crippen molar-refractivity contribution in [3.05, 3.63) is 42.5 Å². The van der Waals surface area contributed by atoms with E-state index in [-0.39, 0.29) is 41.1 Å². The third-order valence-corrected chi connectivity index (χ3v) is 3.73. The molecule has 2 rings (SSSR count). The molecule has 0 heterocycles. The van der Waals surface area contributed by atoms with Crippen LogP contribution in [0.1, 0.15) is 6.92 Å². The predicted molar refractivity (Wildman–Crippen MR) is 68.5 cm³/mol. The Kier molecular flexibility index (Phi) is 5.16. The Morgan fingerprint density at radius 1 is 1.06 bits per heavy atom. The fourth-order valence-electron chi connectivity index (χ4n) is 1.63. The SMILES string of the molecule is CCOS(=O)(=O)c1cccc2ccccc12.[Na]. The van der Waals surface area contributed by atoms with Crippen molar-refractivity contribution >= 4 is 50.4 Å². The van der Waals surface area contributed by atoms with Crippen molar-refractivity contribution in [2.24, 2.45) is 0 Å². The third kappa shape index (κ3) is 3.09. The minimum Gasteiger partial charge on any atom is -0.267 e. The summed E-state index contributed by atoms with van der Waals surface area (Å²) in [4.78, 5) is 0.229. The molecule has 0 atom stereocenters. The van der Waals surface area contributed by atoms with E-state index in [0.717, 1.165) is 5.39 Å². The molecule has 0 fully saturated rings. The van der Waals surface area contributed by atoms with Gasteiger partial charge in [0.05, 0.1) is 6.61 Å². The standard InChI is InChI=1S/C12H12O3S.Na/c1-2-15-16(13,14)12-9-5-7-10-6-3-4-8-11(10)12;/h3-9H,2H2,1H3;. The Morgan fingerprint density at radius 3 is 2.41 bits per heavy atom. The summed E-state index contributed by atoms with van der Waals surface area (Å²) in [5.41, 5.74) is 0. The van der Waals surface area contributed by atoms with Gasteiger partial charge >= 0.3 is 0 Å². The van der Waals surface area contributed by atoms with E-state index in [2.05, 4.69) is 0 Å². The molecule has 17 heavy (non-hydrogen) atoms. The molecule has 0 spiro atoms. The number of fused-ring (bicyclic) bond motifs is 1. The fraction of sp³-hybridized carbons (Fsp3) is 0.167. The van der Waals surface area contributed by atoms with Crippen molar-refractivity contribution in [1.82, 2.24) is 0 Å². The van der Waals surface area contributed by atoms with Gasteiger partial charge in [0.25, 0.3) is 10.1 Å². The van der Waals surface area contributed by atoms with E-state index < -0.39 is 10.1 Å². The summed E-state index contributed by atoms with van der Waals surface area (Å²) in [6, 6.07) is 12.5. The zero-order valence-corrected chi connectivity index (χ0v) is 12.7. The minimum absolute atomic E-state index is 0. The van der Waals surface area contributed by atoms with Crippen LogP contribution in [0.25, 0.3) is 10.8 Å². The number of hydrogen-bond acceptors (Lipinski definition) is 3. The molecular formula is C12H12NaO3S. The topological polar surface area (TPSA) is 43.4 Å². The van der Waals surface area contributed by atoms with E-state index >= 15 is 0 Å². The van der Waals surface area contributed by atoms with Crippen molar-refractivity contribution < 1.29 is 12.6 Å². The van der Waals surface area contributed by atoms with Gasteiger partial charge < -0.3 is 0 Å². The molecular weight excluding hydrogens is 247 g/mol. The van der Waals surface area contributed by atoms with Crippen LogP contribution >= 0.6 is 0 Å². The maximum atomic E-state index is 11.8. The molecule has 0 saturated carbocycles. The van der Waals surface area contributed by atoms with Gasteiger partial charge in [-0.2, -0.15) is 8.42 Å². The van der Waals surface area contributed by atoms with Crippen LogP contribution in [-0.4, -0.2) is 44.6 Å². The van der Waals surface area contributed by atoms with Crippen LogP contribution in [0.4, 0.5) is 0 Å².